The van der Waals surface area contributed by atoms with Gasteiger partial charge in [-0.1, -0.05) is 12.2 Å². The summed E-state index contributed by atoms with van der Waals surface area (Å²) in [6.07, 6.45) is 8.45. The first-order chi connectivity index (χ1) is 10.0. The third-order valence-corrected chi connectivity index (χ3v) is 4.63. The number of carbonyl (C=O) groups excluding carboxylic acids is 2. The molecule has 2 aliphatic heterocycles. The molecule has 0 aromatic carbocycles. The van der Waals surface area contributed by atoms with E-state index < -0.39 is 11.6 Å². The first-order valence-corrected chi connectivity index (χ1v) is 7.93. The topological polar surface area (TPSA) is 75.6 Å². The van der Waals surface area contributed by atoms with E-state index in [0.717, 1.165) is 0 Å². The lowest BCUT2D eigenvalue weighted by Gasteiger charge is -2.41. The number of halogens is 1. The van der Waals surface area contributed by atoms with E-state index in [-0.39, 0.29) is 17.8 Å². The molecule has 0 spiro atoms. The van der Waals surface area contributed by atoms with E-state index in [0.29, 0.717) is 24.8 Å². The maximum Gasteiger partial charge on any atom is 0.333 e. The van der Waals surface area contributed by atoms with Crippen molar-refractivity contribution in [2.45, 2.75) is 44.2 Å². The smallest absolute Gasteiger partial charge is 0.333 e. The fourth-order valence-electron chi connectivity index (χ4n) is 3.05. The highest BCUT2D eigenvalue weighted by Crippen LogP contribution is 2.41. The molecule has 0 saturated carbocycles. The largest absolute Gasteiger partial charge is 0.454 e. The average Bonchev–Trinajstić information content (AvgIpc) is 2.69. The summed E-state index contributed by atoms with van der Waals surface area (Å²) in [7, 11) is 0. The number of alkyl halides is 1. The Morgan fingerprint density at radius 1 is 1.52 bits per heavy atom. The molecule has 6 heteroatoms. The van der Waals surface area contributed by atoms with Crippen LogP contribution in [0, 0.1) is 11.8 Å². The number of allylic oxidation sites excluding steroid dienone is 1. The number of fused-ring (bicyclic) bond motifs is 1. The van der Waals surface area contributed by atoms with Gasteiger partial charge in [0.2, 0.25) is 5.91 Å². The number of esters is 1. The molecule has 1 amide bonds. The molecule has 3 aliphatic rings. The molecular weight excluding hydrogens is 294 g/mol. The van der Waals surface area contributed by atoms with Crippen molar-refractivity contribution in [3.05, 3.63) is 12.2 Å². The van der Waals surface area contributed by atoms with Crippen LogP contribution in [0.1, 0.15) is 32.6 Å². The standard InChI is InChI=1S/C8H10ClNO3.C7H12O/c1-8-4(2-3-9)6(11)10-5(8)7(12)13-8;8-6-7-4-2-1-3-5-7/h4-5H,2-3H2,1H3,(H,10,11);2,4,7-8H,1,3,5-6H2. The molecular formula is C15H22ClNO4. The van der Waals surface area contributed by atoms with Crippen LogP contribution in [-0.2, 0) is 14.3 Å². The van der Waals surface area contributed by atoms with Crippen molar-refractivity contribution in [3.63, 3.8) is 0 Å². The van der Waals surface area contributed by atoms with Crippen molar-refractivity contribution < 1.29 is 19.4 Å². The van der Waals surface area contributed by atoms with Gasteiger partial charge < -0.3 is 15.2 Å². The normalized spacial score (nSPS) is 36.8. The Labute approximate surface area is 129 Å². The van der Waals surface area contributed by atoms with Gasteiger partial charge >= 0.3 is 5.97 Å². The zero-order valence-corrected chi connectivity index (χ0v) is 12.9. The van der Waals surface area contributed by atoms with E-state index in [1.807, 2.05) is 0 Å². The molecule has 21 heavy (non-hydrogen) atoms. The van der Waals surface area contributed by atoms with Crippen molar-refractivity contribution in [1.82, 2.24) is 5.32 Å². The summed E-state index contributed by atoms with van der Waals surface area (Å²) in [6, 6.07) is -0.451. The predicted molar refractivity (Wildman–Crippen MR) is 78.8 cm³/mol. The number of nitrogens with one attached hydrogen (secondary N) is 1. The van der Waals surface area contributed by atoms with Crippen LogP contribution >= 0.6 is 11.6 Å². The average molecular weight is 316 g/mol. The number of aliphatic hydroxyl groups excluding tert-OH is 1. The molecule has 118 valence electrons. The van der Waals surface area contributed by atoms with E-state index in [2.05, 4.69) is 17.5 Å². The van der Waals surface area contributed by atoms with Crippen molar-refractivity contribution in [2.24, 2.45) is 11.8 Å². The van der Waals surface area contributed by atoms with Gasteiger partial charge in [-0.15, -0.1) is 11.6 Å². The monoisotopic (exact) mass is 315 g/mol. The molecule has 2 N–H and O–H groups in total. The number of hydrogen-bond acceptors (Lipinski definition) is 4. The summed E-state index contributed by atoms with van der Waals surface area (Å²) in [6.45, 7) is 2.10. The second-order valence-corrected chi connectivity index (χ2v) is 6.26. The van der Waals surface area contributed by atoms with Gasteiger partial charge in [-0.2, -0.15) is 0 Å². The van der Waals surface area contributed by atoms with Crippen LogP contribution < -0.4 is 5.32 Å². The quantitative estimate of drug-likeness (QED) is 0.469. The summed E-state index contributed by atoms with van der Waals surface area (Å²) in [5, 5.41) is 11.2. The number of ether oxygens (including phenoxy) is 1. The van der Waals surface area contributed by atoms with Gasteiger partial charge in [0.05, 0.1) is 5.92 Å². The molecule has 2 heterocycles. The predicted octanol–water partition coefficient (Wildman–Crippen LogP) is 1.38. The lowest BCUT2D eigenvalue weighted by molar-refractivity contribution is -0.198. The molecule has 0 aromatic heterocycles. The highest BCUT2D eigenvalue weighted by Gasteiger charge is 2.65. The third kappa shape index (κ3) is 3.24. The molecule has 0 aromatic rings. The van der Waals surface area contributed by atoms with Gasteiger partial charge in [-0.3, -0.25) is 4.79 Å². The Morgan fingerprint density at radius 3 is 2.71 bits per heavy atom. The molecule has 5 nitrogen and oxygen atoms in total. The van der Waals surface area contributed by atoms with Crippen LogP contribution in [0.25, 0.3) is 0 Å². The van der Waals surface area contributed by atoms with Gasteiger partial charge in [-0.25, -0.2) is 4.79 Å². The van der Waals surface area contributed by atoms with Crippen LogP contribution in [-0.4, -0.2) is 41.1 Å². The lowest BCUT2D eigenvalue weighted by atomic mass is 9.81. The zero-order valence-electron chi connectivity index (χ0n) is 12.2. The van der Waals surface area contributed by atoms with E-state index in [1.54, 1.807) is 6.92 Å². The van der Waals surface area contributed by atoms with Crippen molar-refractivity contribution in [3.8, 4) is 0 Å². The maximum absolute atomic E-state index is 11.4. The van der Waals surface area contributed by atoms with Crippen LogP contribution in [0.2, 0.25) is 0 Å². The Balaban J connectivity index is 0.000000173. The number of hydrogen-bond donors (Lipinski definition) is 2. The third-order valence-electron chi connectivity index (χ3n) is 4.41. The molecule has 0 radical (unpaired) electrons. The van der Waals surface area contributed by atoms with Gasteiger partial charge in [0.1, 0.15) is 0 Å². The molecule has 3 rings (SSSR count). The number of aliphatic hydroxyl groups is 1. The molecule has 4 atom stereocenters. The van der Waals surface area contributed by atoms with Crippen LogP contribution in [0.4, 0.5) is 0 Å². The highest BCUT2D eigenvalue weighted by molar-refractivity contribution is 6.18. The van der Waals surface area contributed by atoms with Crippen molar-refractivity contribution in [2.75, 3.05) is 12.5 Å². The molecule has 2 fully saturated rings. The summed E-state index contributed by atoms with van der Waals surface area (Å²) < 4.78 is 5.01. The second kappa shape index (κ2) is 6.79. The summed E-state index contributed by atoms with van der Waals surface area (Å²) in [5.41, 5.74) is -0.650. The van der Waals surface area contributed by atoms with Gasteiger partial charge in [-0.05, 0) is 38.5 Å². The maximum atomic E-state index is 11.4. The van der Waals surface area contributed by atoms with Crippen LogP contribution in [0.3, 0.4) is 0 Å². The Bertz CT molecular complexity index is 439. The summed E-state index contributed by atoms with van der Waals surface area (Å²) >= 11 is 5.56. The van der Waals surface area contributed by atoms with Gasteiger partial charge in [0.25, 0.3) is 0 Å². The van der Waals surface area contributed by atoms with E-state index in [4.69, 9.17) is 21.4 Å². The zero-order chi connectivity index (χ0) is 15.5. The molecule has 0 bridgehead atoms. The van der Waals surface area contributed by atoms with Gasteiger partial charge in [0, 0.05) is 12.5 Å². The van der Waals surface area contributed by atoms with Gasteiger partial charge in [0.15, 0.2) is 11.6 Å². The Kier molecular flexibility index (Phi) is 5.27. The van der Waals surface area contributed by atoms with Crippen LogP contribution in [0.15, 0.2) is 12.2 Å². The van der Waals surface area contributed by atoms with Crippen molar-refractivity contribution in [1.29, 1.82) is 0 Å². The highest BCUT2D eigenvalue weighted by atomic mass is 35.5. The fourth-order valence-corrected chi connectivity index (χ4v) is 3.27. The summed E-state index contributed by atoms with van der Waals surface area (Å²) in [5.74, 6) is 0.112. The van der Waals surface area contributed by atoms with Crippen molar-refractivity contribution >= 4 is 23.5 Å². The minimum atomic E-state index is -0.650. The molecule has 1 aliphatic carbocycles. The minimum Gasteiger partial charge on any atom is -0.454 e. The summed E-state index contributed by atoms with van der Waals surface area (Å²) in [4.78, 5) is 22.3. The Hall–Kier alpha value is -1.07. The Morgan fingerprint density at radius 2 is 2.29 bits per heavy atom. The van der Waals surface area contributed by atoms with Crippen LogP contribution in [0.5, 0.6) is 0 Å². The van der Waals surface area contributed by atoms with E-state index >= 15 is 0 Å². The second-order valence-electron chi connectivity index (χ2n) is 5.88. The fraction of sp³-hybridized carbons (Fsp3) is 0.733. The number of carbonyl (C=O) groups is 2. The first kappa shape index (κ1) is 16.3. The van der Waals surface area contributed by atoms with E-state index in [1.165, 1.54) is 19.3 Å². The molecule has 2 saturated heterocycles. The minimum absolute atomic E-state index is 0.126. The number of rotatable bonds is 3. The van der Waals surface area contributed by atoms with E-state index in [9.17, 15) is 9.59 Å². The number of amides is 1. The lowest BCUT2D eigenvalue weighted by Crippen LogP contribution is -2.62. The SMILES string of the molecule is CC12OC(=O)C1NC(=O)C2CCCl.OCC1C=CCCC1. The first-order valence-electron chi connectivity index (χ1n) is 7.39. The molecule has 4 unspecified atom stereocenters.